The summed E-state index contributed by atoms with van der Waals surface area (Å²) >= 11 is 6.03. The Morgan fingerprint density at radius 2 is 1.95 bits per heavy atom. The summed E-state index contributed by atoms with van der Waals surface area (Å²) in [6.07, 6.45) is 3.14. The molecule has 0 amide bonds. The second kappa shape index (κ2) is 6.02. The van der Waals surface area contributed by atoms with Crippen molar-refractivity contribution in [1.82, 2.24) is 4.98 Å². The molecule has 0 bridgehead atoms. The number of rotatable bonds is 4. The maximum Gasteiger partial charge on any atom is 0.181 e. The first kappa shape index (κ1) is 13.7. The molecule has 3 aromatic rings. The zero-order chi connectivity index (χ0) is 14.7. The smallest absolute Gasteiger partial charge is 0.181 e. The van der Waals surface area contributed by atoms with E-state index in [1.807, 2.05) is 42.5 Å². The van der Waals surface area contributed by atoms with Gasteiger partial charge in [-0.05, 0) is 48.9 Å². The molecular formula is C17H15ClN2O. The zero-order valence-electron chi connectivity index (χ0n) is 11.6. The van der Waals surface area contributed by atoms with Crippen LogP contribution >= 0.6 is 11.6 Å². The Labute approximate surface area is 128 Å². The van der Waals surface area contributed by atoms with Gasteiger partial charge in [0.25, 0.3) is 0 Å². The first-order valence-corrected chi connectivity index (χ1v) is 7.11. The maximum absolute atomic E-state index is 6.03. The first-order valence-electron chi connectivity index (χ1n) is 6.73. The molecule has 106 valence electrons. The summed E-state index contributed by atoms with van der Waals surface area (Å²) in [6.45, 7) is 2.11. The third-order valence-electron chi connectivity index (χ3n) is 3.33. The summed E-state index contributed by atoms with van der Waals surface area (Å²) in [7, 11) is 0. The number of benzene rings is 2. The van der Waals surface area contributed by atoms with Crippen LogP contribution in [0, 0.1) is 0 Å². The van der Waals surface area contributed by atoms with Crippen molar-refractivity contribution in [1.29, 1.82) is 0 Å². The molecule has 1 N–H and O–H groups in total. The number of oxazole rings is 1. The molecule has 0 fully saturated rings. The molecule has 0 saturated heterocycles. The van der Waals surface area contributed by atoms with E-state index in [2.05, 4.69) is 23.3 Å². The molecule has 3 nitrogen and oxygen atoms in total. The van der Waals surface area contributed by atoms with Gasteiger partial charge >= 0.3 is 0 Å². The lowest BCUT2D eigenvalue weighted by Crippen LogP contribution is -2.06. The number of hydrogen-bond donors (Lipinski definition) is 1. The molecule has 0 radical (unpaired) electrons. The highest BCUT2D eigenvalue weighted by molar-refractivity contribution is 6.30. The Hall–Kier alpha value is -2.26. The van der Waals surface area contributed by atoms with E-state index in [0.29, 0.717) is 0 Å². The van der Waals surface area contributed by atoms with Crippen molar-refractivity contribution in [2.24, 2.45) is 0 Å². The molecule has 1 atom stereocenters. The van der Waals surface area contributed by atoms with Gasteiger partial charge in [0.05, 0.1) is 6.20 Å². The van der Waals surface area contributed by atoms with Crippen LogP contribution in [0.1, 0.15) is 18.5 Å². The van der Waals surface area contributed by atoms with E-state index in [0.717, 1.165) is 27.6 Å². The van der Waals surface area contributed by atoms with E-state index < -0.39 is 0 Å². The molecule has 21 heavy (non-hydrogen) atoms. The molecular weight excluding hydrogens is 284 g/mol. The fourth-order valence-electron chi connectivity index (χ4n) is 2.20. The second-order valence-corrected chi connectivity index (χ2v) is 5.30. The summed E-state index contributed by atoms with van der Waals surface area (Å²) < 4.78 is 5.28. The van der Waals surface area contributed by atoms with Crippen LogP contribution in [-0.4, -0.2) is 4.98 Å². The third kappa shape index (κ3) is 3.26. The van der Waals surface area contributed by atoms with Gasteiger partial charge in [-0.2, -0.15) is 0 Å². The number of halogens is 1. The lowest BCUT2D eigenvalue weighted by atomic mass is 10.1. The van der Waals surface area contributed by atoms with E-state index >= 15 is 0 Å². The zero-order valence-corrected chi connectivity index (χ0v) is 12.3. The SMILES string of the molecule is CC(Nc1ccc(-c2cnco2)cc1)c1cccc(Cl)c1. The van der Waals surface area contributed by atoms with E-state index in [-0.39, 0.29) is 6.04 Å². The molecule has 3 rings (SSSR count). The van der Waals surface area contributed by atoms with Gasteiger partial charge < -0.3 is 9.73 Å². The van der Waals surface area contributed by atoms with E-state index in [1.165, 1.54) is 6.39 Å². The van der Waals surface area contributed by atoms with Crippen LogP contribution in [0.2, 0.25) is 5.02 Å². The monoisotopic (exact) mass is 298 g/mol. The van der Waals surface area contributed by atoms with Gasteiger partial charge in [-0.25, -0.2) is 4.98 Å². The molecule has 0 aliphatic rings. The predicted molar refractivity (Wildman–Crippen MR) is 85.4 cm³/mol. The van der Waals surface area contributed by atoms with Crippen molar-refractivity contribution >= 4 is 17.3 Å². The van der Waals surface area contributed by atoms with Crippen LogP contribution in [0.5, 0.6) is 0 Å². The molecule has 4 heteroatoms. The Kier molecular flexibility index (Phi) is 3.93. The average molecular weight is 299 g/mol. The minimum atomic E-state index is 0.180. The van der Waals surface area contributed by atoms with Crippen LogP contribution in [0.3, 0.4) is 0 Å². The summed E-state index contributed by atoms with van der Waals surface area (Å²) in [4.78, 5) is 3.92. The Balaban J connectivity index is 1.73. The van der Waals surface area contributed by atoms with Crippen molar-refractivity contribution in [3.8, 4) is 11.3 Å². The van der Waals surface area contributed by atoms with Crippen LogP contribution in [0.25, 0.3) is 11.3 Å². The summed E-state index contributed by atoms with van der Waals surface area (Å²) in [5.74, 6) is 0.768. The molecule has 2 aromatic carbocycles. The normalized spacial score (nSPS) is 12.1. The Morgan fingerprint density at radius 3 is 2.62 bits per heavy atom. The first-order chi connectivity index (χ1) is 10.2. The number of anilines is 1. The number of nitrogens with one attached hydrogen (secondary N) is 1. The van der Waals surface area contributed by atoms with Gasteiger partial charge in [0.15, 0.2) is 12.2 Å². The van der Waals surface area contributed by atoms with E-state index in [4.69, 9.17) is 16.0 Å². The standard InChI is InChI=1S/C17H15ClN2O/c1-12(14-3-2-4-15(18)9-14)20-16-7-5-13(6-8-16)17-10-19-11-21-17/h2-12,20H,1H3. The quantitative estimate of drug-likeness (QED) is 0.722. The Bertz CT molecular complexity index is 708. The molecule has 0 saturated carbocycles. The lowest BCUT2D eigenvalue weighted by Gasteiger charge is -2.16. The van der Waals surface area contributed by atoms with Crippen molar-refractivity contribution in [3.63, 3.8) is 0 Å². The van der Waals surface area contributed by atoms with Crippen LogP contribution in [0.15, 0.2) is 65.5 Å². The summed E-state index contributed by atoms with van der Waals surface area (Å²) in [5, 5.41) is 4.20. The average Bonchev–Trinajstić information content (AvgIpc) is 3.02. The lowest BCUT2D eigenvalue weighted by molar-refractivity contribution is 0.572. The van der Waals surface area contributed by atoms with Crippen molar-refractivity contribution in [2.45, 2.75) is 13.0 Å². The highest BCUT2D eigenvalue weighted by atomic mass is 35.5. The number of aromatic nitrogens is 1. The van der Waals surface area contributed by atoms with Gasteiger partial charge in [-0.15, -0.1) is 0 Å². The van der Waals surface area contributed by atoms with Crippen molar-refractivity contribution in [2.75, 3.05) is 5.32 Å². The van der Waals surface area contributed by atoms with Gasteiger partial charge in [0, 0.05) is 22.3 Å². The number of nitrogens with zero attached hydrogens (tertiary/aromatic N) is 1. The van der Waals surface area contributed by atoms with Gasteiger partial charge in [-0.1, -0.05) is 23.7 Å². The van der Waals surface area contributed by atoms with Crippen LogP contribution in [-0.2, 0) is 0 Å². The maximum atomic E-state index is 6.03. The molecule has 1 unspecified atom stereocenters. The highest BCUT2D eigenvalue weighted by Gasteiger charge is 2.06. The highest BCUT2D eigenvalue weighted by Crippen LogP contribution is 2.24. The minimum Gasteiger partial charge on any atom is -0.444 e. The molecule has 1 heterocycles. The molecule has 1 aromatic heterocycles. The number of hydrogen-bond acceptors (Lipinski definition) is 3. The van der Waals surface area contributed by atoms with E-state index in [1.54, 1.807) is 6.20 Å². The van der Waals surface area contributed by atoms with Crippen LogP contribution in [0.4, 0.5) is 5.69 Å². The molecule has 0 spiro atoms. The van der Waals surface area contributed by atoms with E-state index in [9.17, 15) is 0 Å². The van der Waals surface area contributed by atoms with Gasteiger partial charge in [-0.3, -0.25) is 0 Å². The third-order valence-corrected chi connectivity index (χ3v) is 3.57. The van der Waals surface area contributed by atoms with Gasteiger partial charge in [0.1, 0.15) is 0 Å². The summed E-state index contributed by atoms with van der Waals surface area (Å²) in [5.41, 5.74) is 3.21. The summed E-state index contributed by atoms with van der Waals surface area (Å²) in [6, 6.07) is 16.1. The fourth-order valence-corrected chi connectivity index (χ4v) is 2.40. The molecule has 0 aliphatic heterocycles. The van der Waals surface area contributed by atoms with Crippen LogP contribution < -0.4 is 5.32 Å². The second-order valence-electron chi connectivity index (χ2n) is 4.86. The largest absolute Gasteiger partial charge is 0.444 e. The molecule has 0 aliphatic carbocycles. The fraction of sp³-hybridized carbons (Fsp3) is 0.118. The predicted octanol–water partition coefficient (Wildman–Crippen LogP) is 5.17. The van der Waals surface area contributed by atoms with Crippen molar-refractivity contribution in [3.05, 3.63) is 71.7 Å². The van der Waals surface area contributed by atoms with Gasteiger partial charge in [0.2, 0.25) is 0 Å². The minimum absolute atomic E-state index is 0.180. The van der Waals surface area contributed by atoms with Crippen molar-refractivity contribution < 1.29 is 4.42 Å². The Morgan fingerprint density at radius 1 is 1.14 bits per heavy atom. The topological polar surface area (TPSA) is 38.1 Å².